The normalized spacial score (nSPS) is 18.0. The van der Waals surface area contributed by atoms with Crippen LogP contribution in [0, 0.1) is 6.92 Å². The third-order valence-corrected chi connectivity index (χ3v) is 4.95. The van der Waals surface area contributed by atoms with Crippen LogP contribution < -0.4 is 5.32 Å². The molecule has 3 rings (SSSR count). The van der Waals surface area contributed by atoms with Crippen molar-refractivity contribution in [3.8, 4) is 0 Å². The molecule has 0 bridgehead atoms. The fourth-order valence-electron chi connectivity index (χ4n) is 2.65. The molecule has 1 saturated heterocycles. The SMILES string of the molecule is Cc1csc2c(NCC(C)N3CCCC3)ncnc12. The molecule has 2 aromatic rings. The number of hydrogen-bond donors (Lipinski definition) is 1. The molecule has 1 aliphatic heterocycles. The first kappa shape index (κ1) is 12.8. The van der Waals surface area contributed by atoms with E-state index in [4.69, 9.17) is 0 Å². The molecule has 5 heteroatoms. The maximum absolute atomic E-state index is 4.39. The van der Waals surface area contributed by atoms with E-state index in [1.54, 1.807) is 17.7 Å². The van der Waals surface area contributed by atoms with Gasteiger partial charge >= 0.3 is 0 Å². The number of hydrogen-bond acceptors (Lipinski definition) is 5. The molecular formula is C14H20N4S. The summed E-state index contributed by atoms with van der Waals surface area (Å²) in [6, 6.07) is 0.563. The Bertz CT molecular complexity index is 560. The second-order valence-electron chi connectivity index (χ2n) is 5.29. The number of thiophene rings is 1. The number of aryl methyl sites for hydroxylation is 1. The van der Waals surface area contributed by atoms with Crippen LogP contribution in [0.5, 0.6) is 0 Å². The molecular weight excluding hydrogens is 256 g/mol. The first-order valence-electron chi connectivity index (χ1n) is 6.92. The number of fused-ring (bicyclic) bond motifs is 1. The number of rotatable bonds is 4. The molecule has 1 unspecified atom stereocenters. The summed E-state index contributed by atoms with van der Waals surface area (Å²) in [5.41, 5.74) is 2.31. The van der Waals surface area contributed by atoms with Crippen molar-refractivity contribution in [2.24, 2.45) is 0 Å². The average molecular weight is 276 g/mol. The Morgan fingerprint density at radius 1 is 1.37 bits per heavy atom. The second kappa shape index (κ2) is 5.43. The first-order valence-corrected chi connectivity index (χ1v) is 7.80. The van der Waals surface area contributed by atoms with Crippen LogP contribution in [0.15, 0.2) is 11.7 Å². The van der Waals surface area contributed by atoms with Gasteiger partial charge in [0.1, 0.15) is 12.1 Å². The molecule has 19 heavy (non-hydrogen) atoms. The van der Waals surface area contributed by atoms with Gasteiger partial charge in [0, 0.05) is 12.6 Å². The van der Waals surface area contributed by atoms with Crippen LogP contribution in [-0.2, 0) is 0 Å². The minimum atomic E-state index is 0.563. The van der Waals surface area contributed by atoms with Crippen LogP contribution in [0.25, 0.3) is 10.2 Å². The topological polar surface area (TPSA) is 41.0 Å². The van der Waals surface area contributed by atoms with Crippen LogP contribution in [-0.4, -0.2) is 40.5 Å². The van der Waals surface area contributed by atoms with Gasteiger partial charge in [0.2, 0.25) is 0 Å². The summed E-state index contributed by atoms with van der Waals surface area (Å²) in [6.07, 6.45) is 4.34. The number of anilines is 1. The lowest BCUT2D eigenvalue weighted by atomic mass is 10.3. The van der Waals surface area contributed by atoms with Crippen LogP contribution in [0.1, 0.15) is 25.3 Å². The zero-order valence-electron chi connectivity index (χ0n) is 11.5. The summed E-state index contributed by atoms with van der Waals surface area (Å²) in [7, 11) is 0. The van der Waals surface area contributed by atoms with E-state index >= 15 is 0 Å². The molecule has 0 radical (unpaired) electrons. The molecule has 0 amide bonds. The number of aromatic nitrogens is 2. The highest BCUT2D eigenvalue weighted by atomic mass is 32.1. The predicted octanol–water partition coefficient (Wildman–Crippen LogP) is 2.90. The molecule has 1 aliphatic rings. The second-order valence-corrected chi connectivity index (χ2v) is 6.17. The van der Waals surface area contributed by atoms with Gasteiger partial charge in [-0.2, -0.15) is 0 Å². The van der Waals surface area contributed by atoms with Gasteiger partial charge in [-0.15, -0.1) is 11.3 Å². The molecule has 1 fully saturated rings. The van der Waals surface area contributed by atoms with Crippen molar-refractivity contribution in [3.05, 3.63) is 17.3 Å². The van der Waals surface area contributed by atoms with E-state index in [1.807, 2.05) is 0 Å². The Morgan fingerprint density at radius 3 is 2.95 bits per heavy atom. The Balaban J connectivity index is 1.71. The van der Waals surface area contributed by atoms with Crippen LogP contribution in [0.4, 0.5) is 5.82 Å². The van der Waals surface area contributed by atoms with Gasteiger partial charge in [0.15, 0.2) is 0 Å². The summed E-state index contributed by atoms with van der Waals surface area (Å²) in [4.78, 5) is 11.3. The highest BCUT2D eigenvalue weighted by Crippen LogP contribution is 2.28. The van der Waals surface area contributed by atoms with Crippen LogP contribution in [0.3, 0.4) is 0 Å². The Labute approximate surface area is 117 Å². The smallest absolute Gasteiger partial charge is 0.147 e. The lowest BCUT2D eigenvalue weighted by molar-refractivity contribution is 0.269. The minimum absolute atomic E-state index is 0.563. The van der Waals surface area contributed by atoms with Crippen LogP contribution >= 0.6 is 11.3 Å². The fourth-order valence-corrected chi connectivity index (χ4v) is 3.62. The van der Waals surface area contributed by atoms with E-state index in [0.29, 0.717) is 6.04 Å². The van der Waals surface area contributed by atoms with Crippen molar-refractivity contribution in [1.29, 1.82) is 0 Å². The maximum Gasteiger partial charge on any atom is 0.147 e. The van der Waals surface area contributed by atoms with Crippen molar-refractivity contribution in [2.45, 2.75) is 32.7 Å². The molecule has 0 aliphatic carbocycles. The van der Waals surface area contributed by atoms with E-state index in [1.165, 1.54) is 36.2 Å². The zero-order chi connectivity index (χ0) is 13.2. The Morgan fingerprint density at radius 2 is 2.16 bits per heavy atom. The van der Waals surface area contributed by atoms with E-state index in [2.05, 4.69) is 39.4 Å². The standard InChI is InChI=1S/C14H20N4S/c1-10-8-19-13-12(10)16-9-17-14(13)15-7-11(2)18-5-3-4-6-18/h8-9,11H,3-7H2,1-2H3,(H,15,16,17). The third-order valence-electron chi connectivity index (χ3n) is 3.86. The molecule has 2 aromatic heterocycles. The lowest BCUT2D eigenvalue weighted by Gasteiger charge is -2.24. The summed E-state index contributed by atoms with van der Waals surface area (Å²) in [5, 5.41) is 5.64. The van der Waals surface area contributed by atoms with Crippen molar-refractivity contribution < 1.29 is 0 Å². The van der Waals surface area contributed by atoms with Gasteiger partial charge in [-0.05, 0) is 50.7 Å². The number of nitrogens with one attached hydrogen (secondary N) is 1. The summed E-state index contributed by atoms with van der Waals surface area (Å²) >= 11 is 1.72. The largest absolute Gasteiger partial charge is 0.367 e. The third kappa shape index (κ3) is 2.58. The average Bonchev–Trinajstić information content (AvgIpc) is 3.07. The van der Waals surface area contributed by atoms with Crippen molar-refractivity contribution >= 4 is 27.4 Å². The van der Waals surface area contributed by atoms with E-state index < -0.39 is 0 Å². The van der Waals surface area contributed by atoms with Gasteiger partial charge in [-0.3, -0.25) is 4.90 Å². The minimum Gasteiger partial charge on any atom is -0.367 e. The Kier molecular flexibility index (Phi) is 3.66. The zero-order valence-corrected chi connectivity index (χ0v) is 12.3. The van der Waals surface area contributed by atoms with Crippen molar-refractivity contribution in [1.82, 2.24) is 14.9 Å². The molecule has 4 nitrogen and oxygen atoms in total. The molecule has 0 spiro atoms. The van der Waals surface area contributed by atoms with Gasteiger partial charge in [0.05, 0.1) is 10.2 Å². The maximum atomic E-state index is 4.39. The number of likely N-dealkylation sites (tertiary alicyclic amines) is 1. The summed E-state index contributed by atoms with van der Waals surface area (Å²) in [5.74, 6) is 0.981. The fraction of sp³-hybridized carbons (Fsp3) is 0.571. The van der Waals surface area contributed by atoms with E-state index in [0.717, 1.165) is 17.9 Å². The quantitative estimate of drug-likeness (QED) is 0.932. The van der Waals surface area contributed by atoms with Crippen molar-refractivity contribution in [2.75, 3.05) is 25.0 Å². The molecule has 0 saturated carbocycles. The van der Waals surface area contributed by atoms with E-state index in [-0.39, 0.29) is 0 Å². The summed E-state index contributed by atoms with van der Waals surface area (Å²) in [6.45, 7) is 7.81. The monoisotopic (exact) mass is 276 g/mol. The van der Waals surface area contributed by atoms with Gasteiger partial charge in [-0.1, -0.05) is 0 Å². The van der Waals surface area contributed by atoms with Crippen molar-refractivity contribution in [3.63, 3.8) is 0 Å². The molecule has 102 valence electrons. The molecule has 0 aromatic carbocycles. The molecule has 3 heterocycles. The van der Waals surface area contributed by atoms with Gasteiger partial charge in [-0.25, -0.2) is 9.97 Å². The van der Waals surface area contributed by atoms with E-state index in [9.17, 15) is 0 Å². The van der Waals surface area contributed by atoms with Gasteiger partial charge in [0.25, 0.3) is 0 Å². The highest BCUT2D eigenvalue weighted by Gasteiger charge is 2.18. The molecule has 1 atom stereocenters. The first-order chi connectivity index (χ1) is 9.25. The number of nitrogens with zero attached hydrogens (tertiary/aromatic N) is 3. The summed E-state index contributed by atoms with van der Waals surface area (Å²) < 4.78 is 1.17. The molecule has 1 N–H and O–H groups in total. The van der Waals surface area contributed by atoms with Crippen LogP contribution in [0.2, 0.25) is 0 Å². The lowest BCUT2D eigenvalue weighted by Crippen LogP contribution is -2.35. The Hall–Kier alpha value is -1.20. The predicted molar refractivity (Wildman–Crippen MR) is 80.9 cm³/mol. The van der Waals surface area contributed by atoms with Gasteiger partial charge < -0.3 is 5.32 Å². The highest BCUT2D eigenvalue weighted by molar-refractivity contribution is 7.18.